The Labute approximate surface area is 377 Å². The Hall–Kier alpha value is -4.51. The molecular weight excluding hydrogens is 843 g/mol. The number of thiazole rings is 1. The van der Waals surface area contributed by atoms with Crippen molar-refractivity contribution in [3.8, 4) is 16.6 Å². The van der Waals surface area contributed by atoms with Crippen LogP contribution in [-0.2, 0) is 35.6 Å². The Morgan fingerprint density at radius 1 is 1.02 bits per heavy atom. The van der Waals surface area contributed by atoms with Crippen molar-refractivity contribution in [1.29, 1.82) is 0 Å². The summed E-state index contributed by atoms with van der Waals surface area (Å²) in [5.41, 5.74) is 7.39. The lowest BCUT2D eigenvalue weighted by Gasteiger charge is -2.35. The van der Waals surface area contributed by atoms with Crippen molar-refractivity contribution >= 4 is 56.2 Å². The Bertz CT molecular complexity index is 2280. The molecule has 0 bridgehead atoms. The van der Waals surface area contributed by atoms with E-state index >= 15 is 0 Å². The number of rotatable bonds is 19. The van der Waals surface area contributed by atoms with Crippen molar-refractivity contribution in [2.75, 3.05) is 12.3 Å². The third kappa shape index (κ3) is 12.4. The van der Waals surface area contributed by atoms with Crippen LogP contribution in [0.25, 0.3) is 21.6 Å². The van der Waals surface area contributed by atoms with Crippen LogP contribution in [0.1, 0.15) is 150 Å². The molecule has 15 nitrogen and oxygen atoms in total. The first kappa shape index (κ1) is 49.5. The highest BCUT2D eigenvalue weighted by Gasteiger charge is 2.49. The normalized spacial score (nSPS) is 18.3. The zero-order chi connectivity index (χ0) is 46.7. The van der Waals surface area contributed by atoms with E-state index in [-0.39, 0.29) is 36.6 Å². The molecule has 348 valence electrons. The quantitative estimate of drug-likeness (QED) is 0.0782. The number of fused-ring (bicyclic) bond motifs is 1. The maximum absolute atomic E-state index is 14.2. The van der Waals surface area contributed by atoms with Crippen LogP contribution in [0.15, 0.2) is 30.4 Å². The van der Waals surface area contributed by atoms with Gasteiger partial charge in [0.15, 0.2) is 0 Å². The standard InChI is InChI=1S/C46H69N7O8S2/c1-12-46(23-24-46)41(56)51-63(58,59)25-18-16-14-13-15-17-22-34-35(28(2)3)48-39(62-34)31-20-19-21-32-36(31)49-42(53(32)29(4)5)60-30-26-33(38(47)54)52(27-30)40(55)37(44(6,7)8)50-43(57)61-45(9,10)11/h13,15,19-21,28-30,33,37H,12,14,16-18,22-27H2,1-11H3,(H2,47,54)(H,50,57)(H,51,56). The van der Waals surface area contributed by atoms with Crippen molar-refractivity contribution < 1.29 is 37.1 Å². The Balaban J connectivity index is 1.28. The van der Waals surface area contributed by atoms with E-state index in [1.54, 1.807) is 32.1 Å². The van der Waals surface area contributed by atoms with E-state index in [0.29, 0.717) is 25.3 Å². The molecule has 1 aromatic carbocycles. The molecule has 5 rings (SSSR count). The predicted octanol–water partition coefficient (Wildman–Crippen LogP) is 7.93. The number of allylic oxidation sites excluding steroid dienone is 2. The van der Waals surface area contributed by atoms with Gasteiger partial charge < -0.3 is 25.4 Å². The van der Waals surface area contributed by atoms with Crippen molar-refractivity contribution in [3.63, 3.8) is 0 Å². The van der Waals surface area contributed by atoms with Crippen molar-refractivity contribution in [2.45, 2.75) is 170 Å². The van der Waals surface area contributed by atoms with Gasteiger partial charge in [0, 0.05) is 22.9 Å². The molecule has 3 heterocycles. The minimum absolute atomic E-state index is 0.0505. The van der Waals surface area contributed by atoms with Gasteiger partial charge in [-0.3, -0.25) is 23.7 Å². The number of hydrogen-bond acceptors (Lipinski definition) is 11. The van der Waals surface area contributed by atoms with Gasteiger partial charge in [0.1, 0.15) is 34.3 Å². The van der Waals surface area contributed by atoms with Crippen LogP contribution in [0.2, 0.25) is 0 Å². The summed E-state index contributed by atoms with van der Waals surface area (Å²) in [6.45, 7) is 21.0. The van der Waals surface area contributed by atoms with Crippen LogP contribution in [-0.4, -0.2) is 87.8 Å². The first-order valence-corrected chi connectivity index (χ1v) is 24.8. The van der Waals surface area contributed by atoms with E-state index in [4.69, 9.17) is 25.2 Å². The van der Waals surface area contributed by atoms with Gasteiger partial charge >= 0.3 is 6.09 Å². The van der Waals surface area contributed by atoms with Crippen molar-refractivity contribution in [3.05, 3.63) is 40.9 Å². The topological polar surface area (TPSA) is 205 Å². The van der Waals surface area contributed by atoms with Crippen molar-refractivity contribution in [1.82, 2.24) is 29.5 Å². The molecule has 2 fully saturated rings. The summed E-state index contributed by atoms with van der Waals surface area (Å²) in [6.07, 6.45) is 8.73. The summed E-state index contributed by atoms with van der Waals surface area (Å²) in [4.78, 5) is 65.0. The average Bonchev–Trinajstić information content (AvgIpc) is 3.46. The van der Waals surface area contributed by atoms with Crippen LogP contribution in [0, 0.1) is 10.8 Å². The number of nitrogens with zero attached hydrogens (tertiary/aromatic N) is 4. The summed E-state index contributed by atoms with van der Waals surface area (Å²) in [5.74, 6) is -1.35. The van der Waals surface area contributed by atoms with Gasteiger partial charge in [-0.15, -0.1) is 11.3 Å². The Kier molecular flexibility index (Phi) is 15.5. The molecule has 1 saturated heterocycles. The molecular formula is C46H69N7O8S2. The van der Waals surface area contributed by atoms with Gasteiger partial charge in [0.2, 0.25) is 27.7 Å². The minimum Gasteiger partial charge on any atom is -0.459 e. The summed E-state index contributed by atoms with van der Waals surface area (Å²) >= 11 is 1.65. The highest BCUT2D eigenvalue weighted by molar-refractivity contribution is 7.90. The number of amides is 4. The summed E-state index contributed by atoms with van der Waals surface area (Å²) < 4.78 is 41.3. The first-order chi connectivity index (χ1) is 29.4. The van der Waals surface area contributed by atoms with Crippen LogP contribution in [0.3, 0.4) is 0 Å². The second kappa shape index (κ2) is 19.7. The number of carbonyl (C=O) groups is 4. The molecule has 1 saturated carbocycles. The second-order valence-corrected chi connectivity index (χ2v) is 22.7. The number of aryl methyl sites for hydroxylation is 1. The lowest BCUT2D eigenvalue weighted by Crippen LogP contribution is -2.58. The zero-order valence-corrected chi connectivity index (χ0v) is 40.6. The molecule has 1 aliphatic heterocycles. The monoisotopic (exact) mass is 911 g/mol. The lowest BCUT2D eigenvalue weighted by atomic mass is 9.85. The zero-order valence-electron chi connectivity index (χ0n) is 39.0. The van der Waals surface area contributed by atoms with E-state index in [1.165, 1.54) is 9.78 Å². The van der Waals surface area contributed by atoms with Crippen molar-refractivity contribution in [2.24, 2.45) is 16.6 Å². The number of nitrogens with two attached hydrogens (primary N) is 1. The molecule has 0 spiro atoms. The molecule has 1 aliphatic carbocycles. The maximum Gasteiger partial charge on any atom is 0.408 e. The maximum atomic E-state index is 14.2. The molecule has 2 aromatic heterocycles. The number of likely N-dealkylation sites (tertiary alicyclic amines) is 1. The number of aromatic nitrogens is 3. The number of benzene rings is 1. The second-order valence-electron chi connectivity index (χ2n) is 19.7. The fourth-order valence-electron chi connectivity index (χ4n) is 7.94. The van der Waals surface area contributed by atoms with Crippen LogP contribution in [0.4, 0.5) is 4.79 Å². The Morgan fingerprint density at radius 2 is 1.70 bits per heavy atom. The van der Waals surface area contributed by atoms with Gasteiger partial charge in [-0.25, -0.2) is 18.2 Å². The third-order valence-electron chi connectivity index (χ3n) is 11.6. The molecule has 4 amide bonds. The molecule has 63 heavy (non-hydrogen) atoms. The van der Waals surface area contributed by atoms with E-state index in [2.05, 4.69) is 36.0 Å². The molecule has 3 atom stereocenters. The number of alkyl carbamates (subject to hydrolysis) is 1. The number of imidazole rings is 1. The summed E-state index contributed by atoms with van der Waals surface area (Å²) in [6, 6.07) is 4.34. The molecule has 0 radical (unpaired) electrons. The molecule has 17 heteroatoms. The van der Waals surface area contributed by atoms with Gasteiger partial charge in [0.25, 0.3) is 6.01 Å². The third-order valence-corrected chi connectivity index (χ3v) is 14.1. The number of unbranched alkanes of at least 4 members (excludes halogenated alkanes) is 2. The number of nitrogens with one attached hydrogen (secondary N) is 2. The highest BCUT2D eigenvalue weighted by atomic mass is 32.2. The number of carbonyl (C=O) groups excluding carboxylic acids is 4. The number of sulfonamides is 1. The summed E-state index contributed by atoms with van der Waals surface area (Å²) in [5, 5.41) is 3.58. The van der Waals surface area contributed by atoms with Crippen LogP contribution < -0.4 is 20.5 Å². The number of primary amides is 1. The van der Waals surface area contributed by atoms with E-state index in [9.17, 15) is 27.6 Å². The van der Waals surface area contributed by atoms with Crippen LogP contribution >= 0.6 is 11.3 Å². The molecule has 2 aliphatic rings. The average molecular weight is 912 g/mol. The first-order valence-electron chi connectivity index (χ1n) is 22.3. The lowest BCUT2D eigenvalue weighted by molar-refractivity contribution is -0.141. The highest BCUT2D eigenvalue weighted by Crippen LogP contribution is 2.49. The largest absolute Gasteiger partial charge is 0.459 e. The van der Waals surface area contributed by atoms with Gasteiger partial charge in [-0.2, -0.15) is 4.98 Å². The SMILES string of the molecule is CCC1(C(=O)NS(=O)(=O)CCCCC=CCCc2sc(-c3cccc4c3nc(OC3CC(C(N)=O)N(C(=O)C(NC(=O)OC(C)(C)C)C(C)(C)C)C3)n4C(C)C)nc2C(C)C)CC1. The number of ether oxygens (including phenoxy) is 2. The number of para-hydroxylation sites is 1. The fourth-order valence-corrected chi connectivity index (χ4v) is 10.4. The number of hydrogen-bond donors (Lipinski definition) is 3. The van der Waals surface area contributed by atoms with Gasteiger partial charge in [-0.05, 0) is 109 Å². The van der Waals surface area contributed by atoms with Gasteiger partial charge in [0.05, 0.1) is 28.9 Å². The van der Waals surface area contributed by atoms with E-state index in [1.807, 2.05) is 64.3 Å². The van der Waals surface area contributed by atoms with E-state index in [0.717, 1.165) is 59.4 Å². The molecule has 3 unspecified atom stereocenters. The van der Waals surface area contributed by atoms with E-state index < -0.39 is 62.5 Å². The Morgan fingerprint density at radius 3 is 2.29 bits per heavy atom. The summed E-state index contributed by atoms with van der Waals surface area (Å²) in [7, 11) is -3.63. The molecule has 3 aromatic rings. The van der Waals surface area contributed by atoms with Crippen LogP contribution in [0.5, 0.6) is 6.01 Å². The smallest absolute Gasteiger partial charge is 0.408 e. The van der Waals surface area contributed by atoms with Gasteiger partial charge in [-0.1, -0.05) is 59.8 Å². The molecule has 4 N–H and O–H groups in total. The fraction of sp³-hybridized carbons (Fsp3) is 0.652. The minimum atomic E-state index is -3.63. The predicted molar refractivity (Wildman–Crippen MR) is 247 cm³/mol.